The molecule has 2 unspecified atom stereocenters. The smallest absolute Gasteiger partial charge is 0.0412 e. The van der Waals surface area contributed by atoms with Gasteiger partial charge in [-0.1, -0.05) is 50.6 Å². The van der Waals surface area contributed by atoms with Crippen LogP contribution in [0.25, 0.3) is 0 Å². The van der Waals surface area contributed by atoms with E-state index in [0.29, 0.717) is 10.5 Å². The molecule has 1 rings (SSSR count). The van der Waals surface area contributed by atoms with E-state index in [0.717, 1.165) is 0 Å². The summed E-state index contributed by atoms with van der Waals surface area (Å²) in [6.45, 7) is 8.73. The van der Waals surface area contributed by atoms with Crippen LogP contribution in [0.2, 0.25) is 0 Å². The first-order valence-corrected chi connectivity index (χ1v) is 6.42. The van der Waals surface area contributed by atoms with Crippen LogP contribution in [-0.2, 0) is 0 Å². The average Bonchev–Trinajstić information content (AvgIpc) is 2.17. The Hall–Kier alpha value is -0.470. The highest BCUT2D eigenvalue weighted by Crippen LogP contribution is 2.27. The number of hydrogen-bond acceptors (Lipinski definition) is 2. The van der Waals surface area contributed by atoms with Crippen LogP contribution < -0.4 is 5.73 Å². The number of thioether (sulfide) groups is 1. The Kier molecular flexibility index (Phi) is 4.68. The van der Waals surface area contributed by atoms with Crippen molar-refractivity contribution in [1.82, 2.24) is 0 Å². The Morgan fingerprint density at radius 2 is 1.60 bits per heavy atom. The van der Waals surface area contributed by atoms with E-state index < -0.39 is 0 Å². The highest BCUT2D eigenvalue weighted by molar-refractivity contribution is 8.00. The molecule has 0 amide bonds. The summed E-state index contributed by atoms with van der Waals surface area (Å²) in [5.41, 5.74) is 8.74. The minimum atomic E-state index is 0.137. The zero-order valence-electron chi connectivity index (χ0n) is 10.0. The number of hydrogen-bond donors (Lipinski definition) is 1. The molecule has 2 atom stereocenters. The molecule has 15 heavy (non-hydrogen) atoms. The molecule has 0 aliphatic carbocycles. The quantitative estimate of drug-likeness (QED) is 0.845. The summed E-state index contributed by atoms with van der Waals surface area (Å²) >= 11 is 1.94. The number of aryl methyl sites for hydroxylation is 1. The Morgan fingerprint density at radius 1 is 1.07 bits per heavy atom. The van der Waals surface area contributed by atoms with Crippen LogP contribution in [0.15, 0.2) is 24.3 Å². The van der Waals surface area contributed by atoms with E-state index in [9.17, 15) is 0 Å². The summed E-state index contributed by atoms with van der Waals surface area (Å²) in [5.74, 6) is 0. The van der Waals surface area contributed by atoms with Crippen molar-refractivity contribution in [2.45, 2.75) is 44.2 Å². The van der Waals surface area contributed by atoms with E-state index in [1.54, 1.807) is 0 Å². The molecule has 0 saturated heterocycles. The molecule has 0 radical (unpaired) electrons. The minimum absolute atomic E-state index is 0.137. The molecular formula is C13H21NS. The van der Waals surface area contributed by atoms with Crippen molar-refractivity contribution in [3.05, 3.63) is 35.4 Å². The molecule has 1 aromatic rings. The van der Waals surface area contributed by atoms with Gasteiger partial charge in [-0.2, -0.15) is 11.8 Å². The van der Waals surface area contributed by atoms with Crippen molar-refractivity contribution in [3.63, 3.8) is 0 Å². The maximum absolute atomic E-state index is 6.22. The van der Waals surface area contributed by atoms with Gasteiger partial charge < -0.3 is 5.73 Å². The van der Waals surface area contributed by atoms with Crippen LogP contribution in [0.1, 0.15) is 37.9 Å². The van der Waals surface area contributed by atoms with E-state index in [-0.39, 0.29) is 6.04 Å². The van der Waals surface area contributed by atoms with Gasteiger partial charge in [0.05, 0.1) is 0 Å². The molecule has 0 aliphatic heterocycles. The zero-order chi connectivity index (χ0) is 11.4. The van der Waals surface area contributed by atoms with E-state index >= 15 is 0 Å². The summed E-state index contributed by atoms with van der Waals surface area (Å²) in [4.78, 5) is 0. The second-order valence-corrected chi connectivity index (χ2v) is 6.28. The lowest BCUT2D eigenvalue weighted by atomic mass is 10.0. The fourth-order valence-electron chi connectivity index (χ4n) is 1.57. The van der Waals surface area contributed by atoms with Crippen LogP contribution in [-0.4, -0.2) is 10.5 Å². The summed E-state index contributed by atoms with van der Waals surface area (Å²) in [6, 6.07) is 8.66. The summed E-state index contributed by atoms with van der Waals surface area (Å²) in [7, 11) is 0. The Labute approximate surface area is 97.4 Å². The van der Waals surface area contributed by atoms with Gasteiger partial charge in [-0.25, -0.2) is 0 Å². The molecule has 0 spiro atoms. The number of benzene rings is 1. The van der Waals surface area contributed by atoms with Crippen LogP contribution in [0.3, 0.4) is 0 Å². The third-order valence-corrected chi connectivity index (χ3v) is 3.72. The minimum Gasteiger partial charge on any atom is -0.323 e. The van der Waals surface area contributed by atoms with Crippen molar-refractivity contribution < 1.29 is 0 Å². The van der Waals surface area contributed by atoms with Crippen molar-refractivity contribution in [2.75, 3.05) is 0 Å². The van der Waals surface area contributed by atoms with Crippen molar-refractivity contribution in [2.24, 2.45) is 5.73 Å². The van der Waals surface area contributed by atoms with Crippen LogP contribution in [0.5, 0.6) is 0 Å². The molecule has 0 saturated carbocycles. The molecule has 0 aliphatic rings. The Bertz CT molecular complexity index is 292. The molecule has 2 heteroatoms. The Balaban J connectivity index is 2.67. The van der Waals surface area contributed by atoms with Crippen LogP contribution in [0, 0.1) is 6.92 Å². The Morgan fingerprint density at radius 3 is 2.07 bits per heavy atom. The SMILES string of the molecule is Cc1ccc(C(N)C(C)SC(C)C)cc1. The zero-order valence-corrected chi connectivity index (χ0v) is 10.8. The monoisotopic (exact) mass is 223 g/mol. The highest BCUT2D eigenvalue weighted by Gasteiger charge is 2.16. The summed E-state index contributed by atoms with van der Waals surface area (Å²) < 4.78 is 0. The largest absolute Gasteiger partial charge is 0.323 e. The second kappa shape index (κ2) is 5.57. The number of nitrogens with two attached hydrogens (primary N) is 1. The first-order valence-electron chi connectivity index (χ1n) is 5.48. The molecule has 0 heterocycles. The molecule has 1 nitrogen and oxygen atoms in total. The summed E-state index contributed by atoms with van der Waals surface area (Å²) in [5, 5.41) is 1.10. The molecule has 0 bridgehead atoms. The fraction of sp³-hybridized carbons (Fsp3) is 0.538. The molecular weight excluding hydrogens is 202 g/mol. The van der Waals surface area contributed by atoms with Gasteiger partial charge >= 0.3 is 0 Å². The maximum Gasteiger partial charge on any atom is 0.0412 e. The van der Waals surface area contributed by atoms with Gasteiger partial charge in [0.15, 0.2) is 0 Å². The standard InChI is InChI=1S/C13H21NS/c1-9(2)15-11(4)13(14)12-7-5-10(3)6-8-12/h5-9,11,13H,14H2,1-4H3. The first-order chi connectivity index (χ1) is 7.00. The summed E-state index contributed by atoms with van der Waals surface area (Å²) in [6.07, 6.45) is 0. The average molecular weight is 223 g/mol. The lowest BCUT2D eigenvalue weighted by Gasteiger charge is -2.21. The van der Waals surface area contributed by atoms with Crippen LogP contribution in [0.4, 0.5) is 0 Å². The fourth-order valence-corrected chi connectivity index (χ4v) is 2.76. The first kappa shape index (κ1) is 12.6. The normalized spacial score (nSPS) is 15.3. The van der Waals surface area contributed by atoms with Crippen molar-refractivity contribution in [3.8, 4) is 0 Å². The van der Waals surface area contributed by atoms with Crippen LogP contribution >= 0.6 is 11.8 Å². The van der Waals surface area contributed by atoms with Gasteiger partial charge in [-0.3, -0.25) is 0 Å². The number of rotatable bonds is 4. The molecule has 1 aromatic carbocycles. The second-order valence-electron chi connectivity index (χ2n) is 4.33. The predicted octanol–water partition coefficient (Wildman–Crippen LogP) is 3.52. The lowest BCUT2D eigenvalue weighted by molar-refractivity contribution is 0.712. The lowest BCUT2D eigenvalue weighted by Crippen LogP contribution is -2.22. The van der Waals surface area contributed by atoms with Gasteiger partial charge in [0, 0.05) is 11.3 Å². The molecule has 0 fully saturated rings. The van der Waals surface area contributed by atoms with E-state index in [1.807, 2.05) is 11.8 Å². The van der Waals surface area contributed by atoms with E-state index in [4.69, 9.17) is 5.73 Å². The van der Waals surface area contributed by atoms with Crippen molar-refractivity contribution >= 4 is 11.8 Å². The van der Waals surface area contributed by atoms with Gasteiger partial charge in [0.2, 0.25) is 0 Å². The van der Waals surface area contributed by atoms with Crippen molar-refractivity contribution in [1.29, 1.82) is 0 Å². The van der Waals surface area contributed by atoms with E-state index in [1.165, 1.54) is 11.1 Å². The maximum atomic E-state index is 6.22. The third kappa shape index (κ3) is 3.88. The van der Waals surface area contributed by atoms with Gasteiger partial charge in [0.1, 0.15) is 0 Å². The topological polar surface area (TPSA) is 26.0 Å². The molecule has 2 N–H and O–H groups in total. The third-order valence-electron chi connectivity index (χ3n) is 2.45. The van der Waals surface area contributed by atoms with Gasteiger partial charge in [-0.15, -0.1) is 0 Å². The highest BCUT2D eigenvalue weighted by atomic mass is 32.2. The van der Waals surface area contributed by atoms with Gasteiger partial charge in [0.25, 0.3) is 0 Å². The van der Waals surface area contributed by atoms with E-state index in [2.05, 4.69) is 52.0 Å². The molecule has 0 aromatic heterocycles. The predicted molar refractivity (Wildman–Crippen MR) is 70.3 cm³/mol. The molecule has 84 valence electrons. The van der Waals surface area contributed by atoms with Gasteiger partial charge in [-0.05, 0) is 17.7 Å².